The van der Waals surface area contributed by atoms with Crippen molar-refractivity contribution < 1.29 is 28.6 Å². The molecule has 1 saturated heterocycles. The van der Waals surface area contributed by atoms with Crippen LogP contribution in [0.15, 0.2) is 54.6 Å². The minimum atomic E-state index is -0.864. The molecular weight excluding hydrogens is 470 g/mol. The van der Waals surface area contributed by atoms with Gasteiger partial charge in [-0.3, -0.25) is 19.7 Å². The molecular formula is C25H29N3O6S. The van der Waals surface area contributed by atoms with Gasteiger partial charge in [-0.1, -0.05) is 30.3 Å². The number of benzene rings is 2. The van der Waals surface area contributed by atoms with Gasteiger partial charge in [-0.15, -0.1) is 0 Å². The van der Waals surface area contributed by atoms with E-state index in [0.717, 1.165) is 5.56 Å². The summed E-state index contributed by atoms with van der Waals surface area (Å²) in [6, 6.07) is 15.4. The number of methoxy groups -OCH3 is 1. The van der Waals surface area contributed by atoms with Gasteiger partial charge in [-0.25, -0.2) is 0 Å². The molecule has 1 aliphatic heterocycles. The van der Waals surface area contributed by atoms with Gasteiger partial charge in [0.2, 0.25) is 5.91 Å². The highest BCUT2D eigenvalue weighted by Crippen LogP contribution is 2.14. The highest BCUT2D eigenvalue weighted by molar-refractivity contribution is 7.80. The van der Waals surface area contributed by atoms with Crippen molar-refractivity contribution in [2.45, 2.75) is 18.9 Å². The van der Waals surface area contributed by atoms with Gasteiger partial charge in [0.25, 0.3) is 5.91 Å². The van der Waals surface area contributed by atoms with Crippen LogP contribution in [0.5, 0.6) is 5.75 Å². The number of carbonyl (C=O) groups excluding carboxylic acids is 3. The molecule has 3 rings (SSSR count). The molecule has 2 aromatic rings. The number of amides is 2. The first-order valence-corrected chi connectivity index (χ1v) is 11.7. The predicted molar refractivity (Wildman–Crippen MR) is 133 cm³/mol. The summed E-state index contributed by atoms with van der Waals surface area (Å²) < 4.78 is 15.8. The van der Waals surface area contributed by atoms with Gasteiger partial charge < -0.3 is 24.4 Å². The molecule has 0 spiro atoms. The van der Waals surface area contributed by atoms with E-state index in [-0.39, 0.29) is 24.0 Å². The molecule has 1 unspecified atom stereocenters. The van der Waals surface area contributed by atoms with Crippen LogP contribution in [-0.4, -0.2) is 73.9 Å². The van der Waals surface area contributed by atoms with Crippen LogP contribution in [-0.2, 0) is 25.5 Å². The molecule has 0 radical (unpaired) electrons. The first kappa shape index (κ1) is 26.1. The second-order valence-corrected chi connectivity index (χ2v) is 8.17. The van der Waals surface area contributed by atoms with Crippen LogP contribution in [0.4, 0.5) is 0 Å². The van der Waals surface area contributed by atoms with E-state index in [9.17, 15) is 14.4 Å². The molecule has 1 heterocycles. The lowest BCUT2D eigenvalue weighted by atomic mass is 10.1. The summed E-state index contributed by atoms with van der Waals surface area (Å²) >= 11 is 5.40. The molecule has 2 aromatic carbocycles. The van der Waals surface area contributed by atoms with Crippen LogP contribution in [0.1, 0.15) is 22.3 Å². The van der Waals surface area contributed by atoms with Gasteiger partial charge in [0.15, 0.2) is 5.11 Å². The molecule has 9 nitrogen and oxygen atoms in total. The fourth-order valence-corrected chi connectivity index (χ4v) is 3.80. The summed E-state index contributed by atoms with van der Waals surface area (Å²) in [5.41, 5.74) is 1.43. The number of piperazine rings is 1. The Morgan fingerprint density at radius 3 is 2.54 bits per heavy atom. The lowest BCUT2D eigenvalue weighted by Crippen LogP contribution is -2.60. The number of hydrogen-bond donors (Lipinski definition) is 2. The largest absolute Gasteiger partial charge is 0.491 e. The van der Waals surface area contributed by atoms with E-state index in [0.29, 0.717) is 44.0 Å². The molecule has 1 aliphatic rings. The summed E-state index contributed by atoms with van der Waals surface area (Å²) in [6.45, 7) is 1.78. The summed E-state index contributed by atoms with van der Waals surface area (Å²) in [5.74, 6) is -0.662. The van der Waals surface area contributed by atoms with Crippen LogP contribution in [0.25, 0.3) is 0 Å². The van der Waals surface area contributed by atoms with Crippen molar-refractivity contribution in [2.24, 2.45) is 0 Å². The van der Waals surface area contributed by atoms with Gasteiger partial charge in [0, 0.05) is 32.2 Å². The van der Waals surface area contributed by atoms with E-state index in [4.69, 9.17) is 26.4 Å². The van der Waals surface area contributed by atoms with Crippen LogP contribution >= 0.6 is 12.2 Å². The molecule has 0 aliphatic carbocycles. The Morgan fingerprint density at radius 2 is 1.83 bits per heavy atom. The number of rotatable bonds is 10. The Hall–Kier alpha value is -3.50. The molecule has 2 N–H and O–H groups in total. The number of carbonyl (C=O) groups is 3. The van der Waals surface area contributed by atoms with Crippen molar-refractivity contribution in [3.8, 4) is 5.75 Å². The first-order valence-electron chi connectivity index (χ1n) is 11.3. The highest BCUT2D eigenvalue weighted by atomic mass is 32.1. The monoisotopic (exact) mass is 499 g/mol. The normalized spacial score (nSPS) is 15.2. The molecule has 1 atom stereocenters. The van der Waals surface area contributed by atoms with Crippen molar-refractivity contribution in [3.05, 3.63) is 65.7 Å². The lowest BCUT2D eigenvalue weighted by molar-refractivity contribution is -0.147. The van der Waals surface area contributed by atoms with Crippen molar-refractivity contribution >= 4 is 35.1 Å². The van der Waals surface area contributed by atoms with Gasteiger partial charge in [-0.2, -0.15) is 0 Å². The Kier molecular flexibility index (Phi) is 10.00. The molecule has 1 fully saturated rings. The van der Waals surface area contributed by atoms with Crippen LogP contribution in [0, 0.1) is 0 Å². The van der Waals surface area contributed by atoms with Gasteiger partial charge >= 0.3 is 5.97 Å². The SMILES string of the molecule is COCCOc1ccc(C(=O)NC(=S)N2CCNC(=O)C2CC(=O)OCCc2ccccc2)cc1. The third kappa shape index (κ3) is 8.04. The Morgan fingerprint density at radius 1 is 1.09 bits per heavy atom. The minimum absolute atomic E-state index is 0.0763. The fraction of sp³-hybridized carbons (Fsp3) is 0.360. The van der Waals surface area contributed by atoms with Crippen molar-refractivity contribution in [3.63, 3.8) is 0 Å². The third-order valence-corrected chi connectivity index (χ3v) is 5.68. The fourth-order valence-electron chi connectivity index (χ4n) is 3.49. The van der Waals surface area contributed by atoms with Gasteiger partial charge in [0.05, 0.1) is 19.6 Å². The minimum Gasteiger partial charge on any atom is -0.491 e. The smallest absolute Gasteiger partial charge is 0.308 e. The molecule has 0 aromatic heterocycles. The number of ether oxygens (including phenoxy) is 3. The average molecular weight is 500 g/mol. The van der Waals surface area contributed by atoms with Crippen LogP contribution < -0.4 is 15.4 Å². The standard InChI is InChI=1S/C25H29N3O6S/c1-32-15-16-33-20-9-7-19(8-10-20)23(30)27-25(35)28-13-12-26-24(31)21(28)17-22(29)34-14-11-18-5-3-2-4-6-18/h2-10,21H,11-17H2,1H3,(H,26,31)(H,27,30,35). The highest BCUT2D eigenvalue weighted by Gasteiger charge is 2.34. The third-order valence-electron chi connectivity index (χ3n) is 5.34. The molecule has 186 valence electrons. The number of nitrogens with zero attached hydrogens (tertiary/aromatic N) is 1. The average Bonchev–Trinajstić information content (AvgIpc) is 2.86. The van der Waals surface area contributed by atoms with E-state index >= 15 is 0 Å². The summed E-state index contributed by atoms with van der Waals surface area (Å²) in [5, 5.41) is 5.46. The maximum Gasteiger partial charge on any atom is 0.308 e. The topological polar surface area (TPSA) is 106 Å². The molecule has 0 bridgehead atoms. The number of esters is 1. The zero-order valence-corrected chi connectivity index (χ0v) is 20.3. The van der Waals surface area contributed by atoms with Crippen LogP contribution in [0.2, 0.25) is 0 Å². The lowest BCUT2D eigenvalue weighted by Gasteiger charge is -2.36. The molecule has 10 heteroatoms. The van der Waals surface area contributed by atoms with Gasteiger partial charge in [0.1, 0.15) is 18.4 Å². The maximum atomic E-state index is 12.7. The Balaban J connectivity index is 1.53. The van der Waals surface area contributed by atoms with Crippen molar-refractivity contribution in [1.29, 1.82) is 0 Å². The Bertz CT molecular complexity index is 1020. The number of thiocarbonyl (C=S) groups is 1. The van der Waals surface area contributed by atoms with Crippen LogP contribution in [0.3, 0.4) is 0 Å². The van der Waals surface area contributed by atoms with E-state index in [2.05, 4.69) is 10.6 Å². The quantitative estimate of drug-likeness (QED) is 0.289. The second kappa shape index (κ2) is 13.4. The second-order valence-electron chi connectivity index (χ2n) is 7.79. The predicted octanol–water partition coefficient (Wildman–Crippen LogP) is 1.70. The van der Waals surface area contributed by atoms with E-state index in [1.807, 2.05) is 30.3 Å². The van der Waals surface area contributed by atoms with Crippen molar-refractivity contribution in [1.82, 2.24) is 15.5 Å². The molecule has 35 heavy (non-hydrogen) atoms. The van der Waals surface area contributed by atoms with E-state index < -0.39 is 17.9 Å². The molecule has 2 amide bonds. The summed E-state index contributed by atoms with van der Waals surface area (Å²) in [7, 11) is 1.59. The van der Waals surface area contributed by atoms with Crippen molar-refractivity contribution in [2.75, 3.05) is 40.0 Å². The summed E-state index contributed by atoms with van der Waals surface area (Å²) in [4.78, 5) is 39.1. The Labute approximate surface area is 209 Å². The van der Waals surface area contributed by atoms with E-state index in [1.54, 1.807) is 36.3 Å². The zero-order chi connectivity index (χ0) is 25.0. The zero-order valence-electron chi connectivity index (χ0n) is 19.5. The number of nitrogens with one attached hydrogen (secondary N) is 2. The van der Waals surface area contributed by atoms with E-state index in [1.165, 1.54) is 0 Å². The maximum absolute atomic E-state index is 12.7. The molecule has 0 saturated carbocycles. The first-order chi connectivity index (χ1) is 17.0. The summed E-state index contributed by atoms with van der Waals surface area (Å²) in [6.07, 6.45) is 0.405. The van der Waals surface area contributed by atoms with Gasteiger partial charge in [-0.05, 0) is 42.0 Å². The number of hydrogen-bond acceptors (Lipinski definition) is 7.